The first-order chi connectivity index (χ1) is 13.4. The Hall–Kier alpha value is -3.39. The van der Waals surface area contributed by atoms with Gasteiger partial charge in [0.25, 0.3) is 17.1 Å². The van der Waals surface area contributed by atoms with E-state index in [9.17, 15) is 19.2 Å². The van der Waals surface area contributed by atoms with Gasteiger partial charge in [-0.2, -0.15) is 0 Å². The van der Waals surface area contributed by atoms with Crippen molar-refractivity contribution in [3.05, 3.63) is 64.6 Å². The van der Waals surface area contributed by atoms with Crippen LogP contribution in [0, 0.1) is 6.92 Å². The molecule has 2 aliphatic rings. The molecule has 4 rings (SSSR count). The van der Waals surface area contributed by atoms with Crippen molar-refractivity contribution in [1.82, 2.24) is 5.32 Å². The van der Waals surface area contributed by atoms with Crippen molar-refractivity contribution in [2.75, 3.05) is 16.8 Å². The quantitative estimate of drug-likeness (QED) is 0.782. The molecule has 2 aromatic rings. The van der Waals surface area contributed by atoms with Crippen molar-refractivity contribution in [1.29, 1.82) is 0 Å². The number of nitrogens with one attached hydrogen (secondary N) is 2. The number of rotatable bonds is 3. The van der Waals surface area contributed by atoms with Crippen LogP contribution in [0.4, 0.5) is 16.2 Å². The first-order valence-electron chi connectivity index (χ1n) is 8.49. The van der Waals surface area contributed by atoms with Gasteiger partial charge in [-0.05, 0) is 42.4 Å². The SMILES string of the molecule is Cc1cccc(NC(=O)CN2C(=O)/C(=C3/SC(=O)NC3=O)c3ccccc32)c1. The summed E-state index contributed by atoms with van der Waals surface area (Å²) in [5.74, 6) is -1.44. The van der Waals surface area contributed by atoms with Crippen molar-refractivity contribution in [3.8, 4) is 0 Å². The van der Waals surface area contributed by atoms with Gasteiger partial charge in [-0.15, -0.1) is 0 Å². The highest BCUT2D eigenvalue weighted by atomic mass is 32.2. The van der Waals surface area contributed by atoms with E-state index in [0.717, 1.165) is 5.56 Å². The minimum atomic E-state index is -0.598. The molecule has 0 saturated carbocycles. The number of para-hydroxylation sites is 1. The van der Waals surface area contributed by atoms with Crippen LogP contribution in [0.2, 0.25) is 0 Å². The van der Waals surface area contributed by atoms with E-state index in [2.05, 4.69) is 10.6 Å². The smallest absolute Gasteiger partial charge is 0.290 e. The summed E-state index contributed by atoms with van der Waals surface area (Å²) >= 11 is 0.695. The van der Waals surface area contributed by atoms with Crippen molar-refractivity contribution >= 4 is 51.7 Å². The molecule has 8 heteroatoms. The summed E-state index contributed by atoms with van der Waals surface area (Å²) in [5.41, 5.74) is 2.85. The molecule has 2 N–H and O–H groups in total. The summed E-state index contributed by atoms with van der Waals surface area (Å²) < 4.78 is 0. The largest absolute Gasteiger partial charge is 0.325 e. The van der Waals surface area contributed by atoms with Gasteiger partial charge in [-0.25, -0.2) is 0 Å². The van der Waals surface area contributed by atoms with Crippen LogP contribution >= 0.6 is 11.8 Å². The number of carbonyl (C=O) groups is 4. The van der Waals surface area contributed by atoms with Crippen LogP contribution in [0.1, 0.15) is 11.1 Å². The second kappa shape index (κ2) is 6.97. The molecular formula is C20H15N3O4S. The molecule has 2 heterocycles. The fraction of sp³-hybridized carbons (Fsp3) is 0.100. The minimum Gasteiger partial charge on any atom is -0.325 e. The zero-order valence-electron chi connectivity index (χ0n) is 14.8. The van der Waals surface area contributed by atoms with E-state index in [-0.39, 0.29) is 22.9 Å². The molecule has 0 spiro atoms. The zero-order valence-corrected chi connectivity index (χ0v) is 15.6. The second-order valence-corrected chi connectivity index (χ2v) is 7.36. The van der Waals surface area contributed by atoms with E-state index in [1.54, 1.807) is 30.3 Å². The molecular weight excluding hydrogens is 378 g/mol. The number of imide groups is 1. The molecule has 0 atom stereocenters. The van der Waals surface area contributed by atoms with Gasteiger partial charge in [0.05, 0.1) is 16.2 Å². The number of amides is 4. The first-order valence-corrected chi connectivity index (χ1v) is 9.31. The number of carbonyl (C=O) groups excluding carboxylic acids is 4. The molecule has 1 fully saturated rings. The Morgan fingerprint density at radius 1 is 1.11 bits per heavy atom. The van der Waals surface area contributed by atoms with E-state index in [0.29, 0.717) is 28.7 Å². The molecule has 2 aromatic carbocycles. The predicted octanol–water partition coefficient (Wildman–Crippen LogP) is 2.67. The molecule has 0 aliphatic carbocycles. The highest BCUT2D eigenvalue weighted by Gasteiger charge is 2.40. The Labute approximate surface area is 164 Å². The second-order valence-electron chi connectivity index (χ2n) is 6.37. The summed E-state index contributed by atoms with van der Waals surface area (Å²) in [5, 5.41) is 4.42. The van der Waals surface area contributed by atoms with Crippen molar-refractivity contribution in [2.45, 2.75) is 6.92 Å². The lowest BCUT2D eigenvalue weighted by Crippen LogP contribution is -2.35. The normalized spacial score (nSPS) is 18.3. The van der Waals surface area contributed by atoms with Crippen LogP contribution in [0.3, 0.4) is 0 Å². The summed E-state index contributed by atoms with van der Waals surface area (Å²) in [6.07, 6.45) is 0. The molecule has 7 nitrogen and oxygen atoms in total. The molecule has 140 valence electrons. The predicted molar refractivity (Wildman–Crippen MR) is 107 cm³/mol. The number of benzene rings is 2. The molecule has 28 heavy (non-hydrogen) atoms. The number of fused-ring (bicyclic) bond motifs is 1. The van der Waals surface area contributed by atoms with E-state index >= 15 is 0 Å². The van der Waals surface area contributed by atoms with E-state index in [1.807, 2.05) is 25.1 Å². The van der Waals surface area contributed by atoms with Gasteiger partial charge >= 0.3 is 0 Å². The fourth-order valence-electron chi connectivity index (χ4n) is 3.20. The zero-order chi connectivity index (χ0) is 19.8. The molecule has 1 saturated heterocycles. The van der Waals surface area contributed by atoms with Gasteiger partial charge in [0, 0.05) is 11.3 Å². The minimum absolute atomic E-state index is 0.0593. The lowest BCUT2D eigenvalue weighted by atomic mass is 10.1. The van der Waals surface area contributed by atoms with Crippen LogP contribution in [-0.4, -0.2) is 29.5 Å². The Bertz CT molecular complexity index is 1080. The van der Waals surface area contributed by atoms with Crippen LogP contribution < -0.4 is 15.5 Å². The monoisotopic (exact) mass is 393 g/mol. The molecule has 0 aromatic heterocycles. The van der Waals surface area contributed by atoms with Gasteiger partial charge in [-0.3, -0.25) is 29.4 Å². The van der Waals surface area contributed by atoms with Gasteiger partial charge in [0.15, 0.2) is 0 Å². The summed E-state index contributed by atoms with van der Waals surface area (Å²) in [4.78, 5) is 50.5. The van der Waals surface area contributed by atoms with Gasteiger partial charge in [-0.1, -0.05) is 30.3 Å². The van der Waals surface area contributed by atoms with Crippen LogP contribution in [0.25, 0.3) is 5.57 Å². The Kier molecular flexibility index (Phi) is 4.48. The van der Waals surface area contributed by atoms with Crippen molar-refractivity contribution in [2.24, 2.45) is 0 Å². The number of hydrogen-bond acceptors (Lipinski definition) is 5. The Morgan fingerprint density at radius 3 is 2.61 bits per heavy atom. The Morgan fingerprint density at radius 2 is 1.89 bits per heavy atom. The average molecular weight is 393 g/mol. The van der Waals surface area contributed by atoms with Crippen molar-refractivity contribution < 1.29 is 19.2 Å². The molecule has 2 aliphatic heterocycles. The molecule has 0 unspecified atom stereocenters. The Balaban J connectivity index is 1.64. The van der Waals surface area contributed by atoms with Crippen LogP contribution in [-0.2, 0) is 14.4 Å². The third-order valence-corrected chi connectivity index (χ3v) is 5.25. The number of anilines is 2. The number of nitrogens with zero attached hydrogens (tertiary/aromatic N) is 1. The average Bonchev–Trinajstić information content (AvgIpc) is 3.11. The standard InChI is InChI=1S/C20H15N3O4S/c1-11-5-4-6-12(9-11)21-15(24)10-23-14-8-3-2-7-13(14)16(19(23)26)17-18(25)22-20(27)28-17/h2-9H,10H2,1H3,(H,21,24)(H,22,25,27)/b17-16+. The number of thioether (sulfide) groups is 1. The van der Waals surface area contributed by atoms with Gasteiger partial charge < -0.3 is 5.32 Å². The molecule has 0 radical (unpaired) electrons. The summed E-state index contributed by atoms with van der Waals surface area (Å²) in [6, 6.07) is 14.2. The van der Waals surface area contributed by atoms with E-state index in [4.69, 9.17) is 0 Å². The van der Waals surface area contributed by atoms with Gasteiger partial charge in [0.1, 0.15) is 6.54 Å². The van der Waals surface area contributed by atoms with Crippen molar-refractivity contribution in [3.63, 3.8) is 0 Å². The maximum absolute atomic E-state index is 13.0. The fourth-order valence-corrected chi connectivity index (χ4v) is 3.97. The highest BCUT2D eigenvalue weighted by molar-refractivity contribution is 8.18. The lowest BCUT2D eigenvalue weighted by Gasteiger charge is -2.17. The van der Waals surface area contributed by atoms with Crippen LogP contribution in [0.15, 0.2) is 53.4 Å². The maximum atomic E-state index is 13.0. The lowest BCUT2D eigenvalue weighted by molar-refractivity contribution is -0.118. The molecule has 0 bridgehead atoms. The van der Waals surface area contributed by atoms with Crippen LogP contribution in [0.5, 0.6) is 0 Å². The number of aryl methyl sites for hydroxylation is 1. The van der Waals surface area contributed by atoms with E-state index in [1.165, 1.54) is 4.90 Å². The van der Waals surface area contributed by atoms with Gasteiger partial charge in [0.2, 0.25) is 5.91 Å². The summed E-state index contributed by atoms with van der Waals surface area (Å²) in [6.45, 7) is 1.71. The summed E-state index contributed by atoms with van der Waals surface area (Å²) in [7, 11) is 0. The third-order valence-electron chi connectivity index (χ3n) is 4.37. The first kappa shape index (κ1) is 18.0. The van der Waals surface area contributed by atoms with E-state index < -0.39 is 17.1 Å². The molecule has 4 amide bonds. The highest BCUT2D eigenvalue weighted by Crippen LogP contribution is 2.42. The number of hydrogen-bond donors (Lipinski definition) is 2. The third kappa shape index (κ3) is 3.18. The topological polar surface area (TPSA) is 95.6 Å². The maximum Gasteiger partial charge on any atom is 0.290 e.